The summed E-state index contributed by atoms with van der Waals surface area (Å²) in [6.45, 7) is 0.0106. The lowest BCUT2D eigenvalue weighted by molar-refractivity contribution is -0.245. The lowest BCUT2D eigenvalue weighted by atomic mass is 9.53. The molecule has 4 aliphatic carbocycles. The Morgan fingerprint density at radius 2 is 1.76 bits per heavy atom. The molecule has 3 aromatic rings. The summed E-state index contributed by atoms with van der Waals surface area (Å²) in [5, 5.41) is 17.0. The van der Waals surface area contributed by atoms with Crippen molar-refractivity contribution in [1.29, 1.82) is 0 Å². The lowest BCUT2D eigenvalue weighted by Crippen LogP contribution is -2.60. The normalized spacial score (nSPS) is 31.7. The predicted molar refractivity (Wildman–Crippen MR) is 162 cm³/mol. The SMILES string of the molecule is Cn1ccnc1SC[C@H]1C[C@@H](c2ccc(CO)cc2)O[C@@H](c2cccc(NC(=O)NC34CC5CC(CC(C5)C3)C4)c2)O1. The minimum Gasteiger partial charge on any atom is -0.392 e. The number of thioether (sulfide) groups is 1. The summed E-state index contributed by atoms with van der Waals surface area (Å²) < 4.78 is 15.1. The number of ether oxygens (including phenoxy) is 2. The number of aryl methyl sites for hydroxylation is 1. The third-order valence-corrected chi connectivity index (χ3v) is 10.8. The quantitative estimate of drug-likeness (QED) is 0.266. The molecule has 0 spiro atoms. The van der Waals surface area contributed by atoms with Crippen molar-refractivity contribution in [2.75, 3.05) is 11.1 Å². The summed E-state index contributed by atoms with van der Waals surface area (Å²) >= 11 is 1.67. The van der Waals surface area contributed by atoms with E-state index in [1.165, 1.54) is 19.3 Å². The molecule has 1 aromatic heterocycles. The number of imidazole rings is 1. The van der Waals surface area contributed by atoms with Gasteiger partial charge in [-0.2, -0.15) is 0 Å². The Hall–Kier alpha value is -2.85. The van der Waals surface area contributed by atoms with Gasteiger partial charge >= 0.3 is 6.03 Å². The molecule has 1 aliphatic heterocycles. The molecule has 5 aliphatic rings. The van der Waals surface area contributed by atoms with E-state index in [1.54, 1.807) is 18.0 Å². The molecular formula is C33H40N4O4S. The van der Waals surface area contributed by atoms with Gasteiger partial charge in [-0.25, -0.2) is 9.78 Å². The van der Waals surface area contributed by atoms with Crippen LogP contribution in [0.2, 0.25) is 0 Å². The Labute approximate surface area is 251 Å². The fourth-order valence-electron chi connectivity index (χ4n) is 8.11. The van der Waals surface area contributed by atoms with Crippen molar-refractivity contribution in [3.05, 3.63) is 77.6 Å². The van der Waals surface area contributed by atoms with Gasteiger partial charge in [-0.05, 0) is 79.5 Å². The minimum absolute atomic E-state index is 0.0106. The number of nitrogens with one attached hydrogen (secondary N) is 2. The maximum absolute atomic E-state index is 13.2. The Morgan fingerprint density at radius 1 is 1.02 bits per heavy atom. The fourth-order valence-corrected chi connectivity index (χ4v) is 9.06. The van der Waals surface area contributed by atoms with Crippen LogP contribution in [0, 0.1) is 17.8 Å². The summed E-state index contributed by atoms with van der Waals surface area (Å²) in [7, 11) is 1.99. The average molecular weight is 589 g/mol. The van der Waals surface area contributed by atoms with Crippen LogP contribution in [-0.2, 0) is 23.1 Å². The number of aliphatic hydroxyl groups excluding tert-OH is 1. The van der Waals surface area contributed by atoms with E-state index in [4.69, 9.17) is 9.47 Å². The van der Waals surface area contributed by atoms with Crippen LogP contribution in [0.5, 0.6) is 0 Å². The average Bonchev–Trinajstić information content (AvgIpc) is 3.39. The molecule has 0 radical (unpaired) electrons. The Kier molecular flexibility index (Phi) is 7.77. The molecule has 222 valence electrons. The molecule has 2 aromatic carbocycles. The third-order valence-electron chi connectivity index (χ3n) is 9.62. The van der Waals surface area contributed by atoms with Crippen molar-refractivity contribution in [3.63, 3.8) is 0 Å². The van der Waals surface area contributed by atoms with Gasteiger partial charge in [-0.3, -0.25) is 0 Å². The lowest BCUT2D eigenvalue weighted by Gasteiger charge is -2.56. The number of hydrogen-bond acceptors (Lipinski definition) is 6. The van der Waals surface area contributed by atoms with Crippen molar-refractivity contribution in [1.82, 2.24) is 14.9 Å². The predicted octanol–water partition coefficient (Wildman–Crippen LogP) is 6.34. The van der Waals surface area contributed by atoms with Crippen LogP contribution in [0.3, 0.4) is 0 Å². The van der Waals surface area contributed by atoms with E-state index in [2.05, 4.69) is 15.6 Å². The number of hydrogen-bond donors (Lipinski definition) is 3. The van der Waals surface area contributed by atoms with E-state index in [0.29, 0.717) is 6.42 Å². The number of amides is 2. The zero-order chi connectivity index (χ0) is 28.7. The summed E-state index contributed by atoms with van der Waals surface area (Å²) in [5.74, 6) is 3.06. The molecular weight excluding hydrogens is 548 g/mol. The number of aliphatic hydroxyl groups is 1. The number of carbonyl (C=O) groups excluding carboxylic acids is 1. The molecule has 8 nitrogen and oxygen atoms in total. The third kappa shape index (κ3) is 5.97. The van der Waals surface area contributed by atoms with Gasteiger partial charge in [-0.1, -0.05) is 48.2 Å². The number of urea groups is 1. The van der Waals surface area contributed by atoms with Gasteiger partial charge in [-0.15, -0.1) is 0 Å². The standard InChI is InChI=1S/C33H40N4O4S/c1-37-10-9-34-32(37)42-20-28-15-29(25-7-5-21(19-38)6-8-25)41-30(40-28)26-3-2-4-27(14-26)35-31(39)36-33-16-22-11-23(17-33)13-24(12-22)18-33/h2-10,14,22-24,28-30,38H,11-13,15-20H2,1H3,(H2,35,36,39)/t22?,23?,24?,28-,29+,30+,33?/m1/s1. The second-order valence-electron chi connectivity index (χ2n) is 12.9. The number of benzene rings is 2. The first-order valence-corrected chi connectivity index (χ1v) is 16.2. The Morgan fingerprint density at radius 3 is 2.43 bits per heavy atom. The molecule has 4 saturated carbocycles. The van der Waals surface area contributed by atoms with E-state index in [-0.39, 0.29) is 30.4 Å². The number of anilines is 1. The largest absolute Gasteiger partial charge is 0.392 e. The molecule has 1 saturated heterocycles. The summed E-state index contributed by atoms with van der Waals surface area (Å²) in [5.41, 5.74) is 3.48. The molecule has 5 fully saturated rings. The number of aromatic nitrogens is 2. The highest BCUT2D eigenvalue weighted by Gasteiger charge is 2.51. The number of rotatable bonds is 8. The van der Waals surface area contributed by atoms with Crippen molar-refractivity contribution < 1.29 is 19.4 Å². The van der Waals surface area contributed by atoms with Gasteiger partial charge < -0.3 is 29.8 Å². The maximum Gasteiger partial charge on any atom is 0.319 e. The molecule has 8 rings (SSSR count). The van der Waals surface area contributed by atoms with Gasteiger partial charge in [0.05, 0.1) is 18.8 Å². The highest BCUT2D eigenvalue weighted by molar-refractivity contribution is 7.99. The minimum atomic E-state index is -0.582. The second-order valence-corrected chi connectivity index (χ2v) is 13.9. The molecule has 3 N–H and O–H groups in total. The highest BCUT2D eigenvalue weighted by Crippen LogP contribution is 2.55. The van der Waals surface area contributed by atoms with E-state index < -0.39 is 6.29 Å². The first kappa shape index (κ1) is 28.0. The van der Waals surface area contributed by atoms with Crippen LogP contribution in [0.15, 0.2) is 66.1 Å². The summed E-state index contributed by atoms with van der Waals surface area (Å²) in [6, 6.07) is 15.6. The van der Waals surface area contributed by atoms with Crippen molar-refractivity contribution in [3.8, 4) is 0 Å². The van der Waals surface area contributed by atoms with E-state index in [1.807, 2.05) is 66.3 Å². The van der Waals surface area contributed by atoms with Gasteiger partial charge in [0, 0.05) is 48.4 Å². The molecule has 9 heteroatoms. The molecule has 0 unspecified atom stereocenters. The van der Waals surface area contributed by atoms with Crippen molar-refractivity contribution >= 4 is 23.5 Å². The highest BCUT2D eigenvalue weighted by atomic mass is 32.2. The fraction of sp³-hybridized carbons (Fsp3) is 0.515. The van der Waals surface area contributed by atoms with Crippen LogP contribution < -0.4 is 10.6 Å². The molecule has 2 heterocycles. The Bertz CT molecular complexity index is 1370. The second kappa shape index (κ2) is 11.7. The van der Waals surface area contributed by atoms with Gasteiger partial charge in [0.15, 0.2) is 11.4 Å². The van der Waals surface area contributed by atoms with E-state index >= 15 is 0 Å². The van der Waals surface area contributed by atoms with Gasteiger partial charge in [0.1, 0.15) is 0 Å². The summed E-state index contributed by atoms with van der Waals surface area (Å²) in [6.07, 6.45) is 11.0. The topological polar surface area (TPSA) is 97.6 Å². The first-order valence-electron chi connectivity index (χ1n) is 15.2. The molecule has 2 amide bonds. The molecule has 3 atom stereocenters. The van der Waals surface area contributed by atoms with E-state index in [0.717, 1.165) is 70.3 Å². The number of carbonyl (C=O) groups is 1. The van der Waals surface area contributed by atoms with Crippen LogP contribution >= 0.6 is 11.8 Å². The zero-order valence-electron chi connectivity index (χ0n) is 24.1. The number of nitrogens with zero attached hydrogens (tertiary/aromatic N) is 2. The van der Waals surface area contributed by atoms with Crippen LogP contribution in [0.4, 0.5) is 10.5 Å². The smallest absolute Gasteiger partial charge is 0.319 e. The van der Waals surface area contributed by atoms with Crippen molar-refractivity contribution in [2.24, 2.45) is 24.8 Å². The Balaban J connectivity index is 1.06. The van der Waals surface area contributed by atoms with E-state index in [9.17, 15) is 9.90 Å². The maximum atomic E-state index is 13.2. The van der Waals surface area contributed by atoms with Crippen LogP contribution in [0.25, 0.3) is 0 Å². The van der Waals surface area contributed by atoms with Gasteiger partial charge in [0.2, 0.25) is 0 Å². The molecule has 42 heavy (non-hydrogen) atoms. The van der Waals surface area contributed by atoms with Gasteiger partial charge in [0.25, 0.3) is 0 Å². The summed E-state index contributed by atoms with van der Waals surface area (Å²) in [4.78, 5) is 17.7. The molecule has 4 bridgehead atoms. The van der Waals surface area contributed by atoms with Crippen LogP contribution in [0.1, 0.15) is 74.0 Å². The first-order chi connectivity index (χ1) is 20.4. The van der Waals surface area contributed by atoms with Crippen LogP contribution in [-0.4, -0.2) is 38.1 Å². The van der Waals surface area contributed by atoms with Crippen molar-refractivity contribution in [2.45, 2.75) is 80.7 Å². The zero-order valence-corrected chi connectivity index (χ0v) is 24.9. The monoisotopic (exact) mass is 588 g/mol.